The lowest BCUT2D eigenvalue weighted by Crippen LogP contribution is -2.31. The number of nitrogens with one attached hydrogen (secondary N) is 1. The lowest BCUT2D eigenvalue weighted by Gasteiger charge is -2.08. The van der Waals surface area contributed by atoms with Gasteiger partial charge in [-0.3, -0.25) is 4.79 Å². The number of benzene rings is 1. The quantitative estimate of drug-likeness (QED) is 0.341. The van der Waals surface area contributed by atoms with E-state index in [1.54, 1.807) is 0 Å². The molecule has 0 unspecified atom stereocenters. The molecule has 0 spiro atoms. The molecule has 26 heavy (non-hydrogen) atoms. The van der Waals surface area contributed by atoms with Crippen molar-refractivity contribution >= 4 is 30.3 Å². The standard InChI is InChI=1S/C19H31BFNO3S/c1-26-14-10-8-6-4-2-3-5-7-9-13-22-19(23)17-12-11-16(20(24)25)15-18(17)21/h11-12,15,24-25H,2-10,13-14H2,1H3,(H,22,23). The van der Waals surface area contributed by atoms with E-state index in [4.69, 9.17) is 10.0 Å². The Balaban J connectivity index is 2.07. The number of thioether (sulfide) groups is 1. The number of rotatable bonds is 14. The van der Waals surface area contributed by atoms with Crippen LogP contribution in [0.4, 0.5) is 4.39 Å². The minimum atomic E-state index is -1.74. The third-order valence-corrected chi connectivity index (χ3v) is 5.04. The topological polar surface area (TPSA) is 69.6 Å². The molecule has 1 aromatic carbocycles. The summed E-state index contributed by atoms with van der Waals surface area (Å²) in [5, 5.41) is 20.7. The largest absolute Gasteiger partial charge is 0.488 e. The van der Waals surface area contributed by atoms with Crippen LogP contribution in [0.1, 0.15) is 68.1 Å². The zero-order valence-electron chi connectivity index (χ0n) is 15.7. The molecule has 0 bridgehead atoms. The Morgan fingerprint density at radius 1 is 1.04 bits per heavy atom. The summed E-state index contributed by atoms with van der Waals surface area (Å²) in [4.78, 5) is 12.0. The maximum Gasteiger partial charge on any atom is 0.488 e. The SMILES string of the molecule is CSCCCCCCCCCCCNC(=O)c1ccc(B(O)O)cc1F. The molecule has 0 radical (unpaired) electrons. The monoisotopic (exact) mass is 383 g/mol. The van der Waals surface area contributed by atoms with Gasteiger partial charge in [-0.1, -0.05) is 51.0 Å². The van der Waals surface area contributed by atoms with Crippen LogP contribution in [-0.2, 0) is 0 Å². The van der Waals surface area contributed by atoms with Gasteiger partial charge >= 0.3 is 7.12 Å². The highest BCUT2D eigenvalue weighted by Gasteiger charge is 2.16. The van der Waals surface area contributed by atoms with Gasteiger partial charge in [0.2, 0.25) is 0 Å². The Hall–Kier alpha value is -1.05. The van der Waals surface area contributed by atoms with Crippen LogP contribution in [0, 0.1) is 5.82 Å². The van der Waals surface area contributed by atoms with E-state index in [9.17, 15) is 9.18 Å². The number of halogens is 1. The number of amides is 1. The van der Waals surface area contributed by atoms with Gasteiger partial charge in [-0.05, 0) is 42.4 Å². The molecule has 0 saturated carbocycles. The van der Waals surface area contributed by atoms with Crippen LogP contribution < -0.4 is 10.8 Å². The van der Waals surface area contributed by atoms with E-state index in [-0.39, 0.29) is 11.0 Å². The first-order valence-electron chi connectivity index (χ1n) is 9.49. The van der Waals surface area contributed by atoms with Crippen LogP contribution >= 0.6 is 11.8 Å². The lowest BCUT2D eigenvalue weighted by atomic mass is 9.80. The van der Waals surface area contributed by atoms with Crippen molar-refractivity contribution in [3.8, 4) is 0 Å². The van der Waals surface area contributed by atoms with Crippen molar-refractivity contribution in [2.24, 2.45) is 0 Å². The minimum absolute atomic E-state index is 0.0308. The van der Waals surface area contributed by atoms with Crippen LogP contribution in [0.3, 0.4) is 0 Å². The van der Waals surface area contributed by atoms with Crippen LogP contribution in [0.15, 0.2) is 18.2 Å². The molecule has 0 aromatic heterocycles. The van der Waals surface area contributed by atoms with E-state index in [2.05, 4.69) is 11.6 Å². The predicted octanol–water partition coefficient (Wildman–Crippen LogP) is 3.11. The Labute approximate surface area is 161 Å². The molecule has 0 aliphatic carbocycles. The van der Waals surface area contributed by atoms with E-state index in [1.807, 2.05) is 11.8 Å². The lowest BCUT2D eigenvalue weighted by molar-refractivity contribution is 0.0949. The second kappa shape index (κ2) is 14.1. The fourth-order valence-corrected chi connectivity index (χ4v) is 3.27. The fraction of sp³-hybridized carbons (Fsp3) is 0.632. The second-order valence-electron chi connectivity index (χ2n) is 6.54. The molecule has 146 valence electrons. The van der Waals surface area contributed by atoms with Gasteiger partial charge in [0.05, 0.1) is 5.56 Å². The normalized spacial score (nSPS) is 10.8. The van der Waals surface area contributed by atoms with Gasteiger partial charge in [0.25, 0.3) is 5.91 Å². The molecule has 0 saturated heterocycles. The third-order valence-electron chi connectivity index (χ3n) is 4.35. The molecule has 7 heteroatoms. The smallest absolute Gasteiger partial charge is 0.423 e. The van der Waals surface area contributed by atoms with Crippen molar-refractivity contribution in [1.82, 2.24) is 5.32 Å². The molecular formula is C19H31BFNO3S. The molecule has 4 nitrogen and oxygen atoms in total. The highest BCUT2D eigenvalue weighted by Crippen LogP contribution is 2.11. The van der Waals surface area contributed by atoms with Gasteiger partial charge in [-0.2, -0.15) is 11.8 Å². The van der Waals surface area contributed by atoms with Crippen LogP contribution in [0.2, 0.25) is 0 Å². The Morgan fingerprint density at radius 2 is 1.62 bits per heavy atom. The molecule has 1 amide bonds. The first-order chi connectivity index (χ1) is 12.6. The summed E-state index contributed by atoms with van der Waals surface area (Å²) < 4.78 is 13.8. The molecule has 1 aromatic rings. The summed E-state index contributed by atoms with van der Waals surface area (Å²) >= 11 is 1.91. The van der Waals surface area contributed by atoms with Gasteiger partial charge in [0, 0.05) is 6.54 Å². The maximum atomic E-state index is 13.8. The van der Waals surface area contributed by atoms with Gasteiger partial charge < -0.3 is 15.4 Å². The first-order valence-corrected chi connectivity index (χ1v) is 10.9. The average molecular weight is 383 g/mol. The van der Waals surface area contributed by atoms with Crippen LogP contribution in [0.25, 0.3) is 0 Å². The number of unbranched alkanes of at least 4 members (excludes halogenated alkanes) is 8. The minimum Gasteiger partial charge on any atom is -0.423 e. The molecule has 0 heterocycles. The van der Waals surface area contributed by atoms with E-state index in [1.165, 1.54) is 56.4 Å². The van der Waals surface area contributed by atoms with Crippen molar-refractivity contribution in [1.29, 1.82) is 0 Å². The van der Waals surface area contributed by atoms with Crippen molar-refractivity contribution < 1.29 is 19.2 Å². The molecule has 0 aliphatic heterocycles. The summed E-state index contributed by atoms with van der Waals surface area (Å²) in [6.07, 6.45) is 13.1. The summed E-state index contributed by atoms with van der Waals surface area (Å²) in [7, 11) is -1.74. The maximum absolute atomic E-state index is 13.8. The summed E-state index contributed by atoms with van der Waals surface area (Å²) in [5.41, 5.74) is -0.0424. The predicted molar refractivity (Wildman–Crippen MR) is 108 cm³/mol. The highest BCUT2D eigenvalue weighted by molar-refractivity contribution is 7.98. The van der Waals surface area contributed by atoms with Crippen molar-refractivity contribution in [2.75, 3.05) is 18.6 Å². The zero-order chi connectivity index (χ0) is 19.2. The second-order valence-corrected chi connectivity index (χ2v) is 7.53. The Kier molecular flexibility index (Phi) is 12.4. The van der Waals surface area contributed by atoms with E-state index in [0.717, 1.165) is 25.3 Å². The highest BCUT2D eigenvalue weighted by atomic mass is 32.2. The van der Waals surface area contributed by atoms with Gasteiger partial charge in [0.15, 0.2) is 0 Å². The van der Waals surface area contributed by atoms with Crippen molar-refractivity contribution in [2.45, 2.75) is 57.8 Å². The third kappa shape index (κ3) is 9.60. The molecule has 0 fully saturated rings. The molecule has 3 N–H and O–H groups in total. The summed E-state index contributed by atoms with van der Waals surface area (Å²) in [5.74, 6) is 0.0562. The average Bonchev–Trinajstić information content (AvgIpc) is 2.62. The van der Waals surface area contributed by atoms with Crippen molar-refractivity contribution in [3.63, 3.8) is 0 Å². The number of carbonyl (C=O) groups excluding carboxylic acids is 1. The molecule has 0 atom stereocenters. The molecule has 1 rings (SSSR count). The summed E-state index contributed by atoms with van der Waals surface area (Å²) in [6, 6.07) is 3.59. The Bertz CT molecular complexity index is 532. The first kappa shape index (κ1) is 23.0. The van der Waals surface area contributed by atoms with Gasteiger partial charge in [-0.25, -0.2) is 4.39 Å². The Morgan fingerprint density at radius 3 is 2.15 bits per heavy atom. The van der Waals surface area contributed by atoms with Crippen LogP contribution in [-0.4, -0.2) is 41.6 Å². The van der Waals surface area contributed by atoms with Gasteiger partial charge in [0.1, 0.15) is 5.82 Å². The van der Waals surface area contributed by atoms with Crippen LogP contribution in [0.5, 0.6) is 0 Å². The van der Waals surface area contributed by atoms with E-state index >= 15 is 0 Å². The number of hydrogen-bond acceptors (Lipinski definition) is 4. The number of hydrogen-bond donors (Lipinski definition) is 3. The molecule has 0 aliphatic rings. The number of carbonyl (C=O) groups is 1. The fourth-order valence-electron chi connectivity index (χ4n) is 2.78. The zero-order valence-corrected chi connectivity index (χ0v) is 16.5. The summed E-state index contributed by atoms with van der Waals surface area (Å²) in [6.45, 7) is 0.525. The van der Waals surface area contributed by atoms with E-state index < -0.39 is 18.8 Å². The van der Waals surface area contributed by atoms with Gasteiger partial charge in [-0.15, -0.1) is 0 Å². The molecular weight excluding hydrogens is 352 g/mol. The van der Waals surface area contributed by atoms with E-state index in [0.29, 0.717) is 6.54 Å². The van der Waals surface area contributed by atoms with Crippen molar-refractivity contribution in [3.05, 3.63) is 29.6 Å².